The molecule has 1 aliphatic rings. The van der Waals surface area contributed by atoms with Gasteiger partial charge in [0.2, 0.25) is 0 Å². The van der Waals surface area contributed by atoms with Crippen LogP contribution in [0.4, 0.5) is 8.78 Å². The molecule has 0 aliphatic carbocycles. The van der Waals surface area contributed by atoms with E-state index in [0.717, 1.165) is 25.9 Å². The Hall–Kier alpha value is -1.40. The maximum atomic E-state index is 12.4. The molecule has 7 heteroatoms. The van der Waals surface area contributed by atoms with Crippen molar-refractivity contribution in [2.45, 2.75) is 26.4 Å². The van der Waals surface area contributed by atoms with Crippen LogP contribution in [0.25, 0.3) is 0 Å². The summed E-state index contributed by atoms with van der Waals surface area (Å²) in [7, 11) is 0. The summed E-state index contributed by atoms with van der Waals surface area (Å²) in [5.74, 6) is 0.488. The van der Waals surface area contributed by atoms with Crippen molar-refractivity contribution in [3.05, 3.63) is 29.8 Å². The van der Waals surface area contributed by atoms with E-state index in [0.29, 0.717) is 24.6 Å². The van der Waals surface area contributed by atoms with Gasteiger partial charge in [-0.3, -0.25) is 4.79 Å². The standard InChI is InChI=1S/C16H22F2N2O2.ClH/c1-2-19-11-12-6-8-20(9-7-12)15(21)13-4-3-5-14(10-13)22-16(17)18;/h3-5,10,12,16,19H,2,6-9,11H2,1H3;1H. The maximum Gasteiger partial charge on any atom is 0.387 e. The van der Waals surface area contributed by atoms with Crippen LogP contribution in [0.1, 0.15) is 30.1 Å². The summed E-state index contributed by atoms with van der Waals surface area (Å²) in [6, 6.07) is 5.99. The number of alkyl halides is 2. The summed E-state index contributed by atoms with van der Waals surface area (Å²) in [5, 5.41) is 3.33. The van der Waals surface area contributed by atoms with Crippen LogP contribution in [0.2, 0.25) is 0 Å². The average molecular weight is 349 g/mol. The molecule has 1 aromatic rings. The molecule has 0 aromatic heterocycles. The van der Waals surface area contributed by atoms with Crippen LogP contribution in [0.3, 0.4) is 0 Å². The molecule has 0 spiro atoms. The number of carbonyl (C=O) groups excluding carboxylic acids is 1. The van der Waals surface area contributed by atoms with Crippen molar-refractivity contribution >= 4 is 18.3 Å². The number of halogens is 3. The van der Waals surface area contributed by atoms with Crippen LogP contribution in [-0.4, -0.2) is 43.6 Å². The quantitative estimate of drug-likeness (QED) is 0.858. The third-order valence-corrected chi connectivity index (χ3v) is 3.89. The van der Waals surface area contributed by atoms with Crippen molar-refractivity contribution < 1.29 is 18.3 Å². The Labute approximate surface area is 141 Å². The highest BCUT2D eigenvalue weighted by atomic mass is 35.5. The molecule has 23 heavy (non-hydrogen) atoms. The molecule has 1 fully saturated rings. The number of carbonyl (C=O) groups is 1. The summed E-state index contributed by atoms with van der Waals surface area (Å²) in [4.78, 5) is 14.2. The smallest absolute Gasteiger partial charge is 0.387 e. The lowest BCUT2D eigenvalue weighted by Gasteiger charge is -2.32. The van der Waals surface area contributed by atoms with Gasteiger partial charge in [-0.05, 0) is 50.0 Å². The molecule has 0 radical (unpaired) electrons. The van der Waals surface area contributed by atoms with E-state index in [1.165, 1.54) is 12.1 Å². The van der Waals surface area contributed by atoms with Gasteiger partial charge in [-0.1, -0.05) is 13.0 Å². The molecule has 1 amide bonds. The predicted molar refractivity (Wildman–Crippen MR) is 87.5 cm³/mol. The molecule has 130 valence electrons. The highest BCUT2D eigenvalue weighted by Crippen LogP contribution is 2.21. The predicted octanol–water partition coefficient (Wildman–Crippen LogP) is 3.17. The molecule has 0 unspecified atom stereocenters. The number of ether oxygens (including phenoxy) is 1. The molecular formula is C16H23ClF2N2O2. The minimum absolute atomic E-state index is 0. The number of hydrogen-bond acceptors (Lipinski definition) is 3. The Morgan fingerprint density at radius 2 is 2.09 bits per heavy atom. The van der Waals surface area contributed by atoms with Gasteiger partial charge >= 0.3 is 6.61 Å². The average Bonchev–Trinajstić information content (AvgIpc) is 2.52. The fourth-order valence-electron chi connectivity index (χ4n) is 2.68. The van der Waals surface area contributed by atoms with Crippen molar-refractivity contribution in [1.29, 1.82) is 0 Å². The van der Waals surface area contributed by atoms with Gasteiger partial charge < -0.3 is 15.0 Å². The largest absolute Gasteiger partial charge is 0.435 e. The Kier molecular flexibility index (Phi) is 8.26. The van der Waals surface area contributed by atoms with Crippen LogP contribution in [0.5, 0.6) is 5.75 Å². The highest BCUT2D eigenvalue weighted by Gasteiger charge is 2.23. The van der Waals surface area contributed by atoms with E-state index in [-0.39, 0.29) is 24.1 Å². The second-order valence-corrected chi connectivity index (χ2v) is 5.45. The van der Waals surface area contributed by atoms with Crippen LogP contribution >= 0.6 is 12.4 Å². The zero-order chi connectivity index (χ0) is 15.9. The van der Waals surface area contributed by atoms with E-state index in [9.17, 15) is 13.6 Å². The number of nitrogens with zero attached hydrogens (tertiary/aromatic N) is 1. The molecule has 1 heterocycles. The molecule has 1 saturated heterocycles. The van der Waals surface area contributed by atoms with Crippen molar-refractivity contribution in [1.82, 2.24) is 10.2 Å². The lowest BCUT2D eigenvalue weighted by atomic mass is 9.96. The number of likely N-dealkylation sites (tertiary alicyclic amines) is 1. The van der Waals surface area contributed by atoms with Crippen molar-refractivity contribution in [2.24, 2.45) is 5.92 Å². The topological polar surface area (TPSA) is 41.6 Å². The summed E-state index contributed by atoms with van der Waals surface area (Å²) in [6.07, 6.45) is 1.93. The van der Waals surface area contributed by atoms with Gasteiger partial charge in [0.05, 0.1) is 0 Å². The molecule has 0 bridgehead atoms. The summed E-state index contributed by atoms with van der Waals surface area (Å²) >= 11 is 0. The summed E-state index contributed by atoms with van der Waals surface area (Å²) < 4.78 is 28.8. The number of benzene rings is 1. The van der Waals surface area contributed by atoms with Gasteiger partial charge in [0, 0.05) is 18.7 Å². The van der Waals surface area contributed by atoms with Gasteiger partial charge in [-0.2, -0.15) is 8.78 Å². The molecule has 4 nitrogen and oxygen atoms in total. The second-order valence-electron chi connectivity index (χ2n) is 5.45. The molecule has 0 saturated carbocycles. The molecule has 0 atom stereocenters. The van der Waals surface area contributed by atoms with Crippen LogP contribution in [0, 0.1) is 5.92 Å². The minimum Gasteiger partial charge on any atom is -0.435 e. The van der Waals surface area contributed by atoms with E-state index in [1.54, 1.807) is 17.0 Å². The number of hydrogen-bond donors (Lipinski definition) is 1. The first-order chi connectivity index (χ1) is 10.6. The van der Waals surface area contributed by atoms with Crippen molar-refractivity contribution in [2.75, 3.05) is 26.2 Å². The van der Waals surface area contributed by atoms with E-state index in [1.807, 2.05) is 0 Å². The zero-order valence-electron chi connectivity index (χ0n) is 13.1. The monoisotopic (exact) mass is 348 g/mol. The van der Waals surface area contributed by atoms with Crippen LogP contribution < -0.4 is 10.1 Å². The van der Waals surface area contributed by atoms with Gasteiger partial charge in [0.25, 0.3) is 5.91 Å². The first-order valence-corrected chi connectivity index (χ1v) is 7.65. The first kappa shape index (κ1) is 19.6. The number of rotatable bonds is 6. The molecular weight excluding hydrogens is 326 g/mol. The Balaban J connectivity index is 0.00000264. The summed E-state index contributed by atoms with van der Waals surface area (Å²) in [5.41, 5.74) is 0.392. The normalized spacial score (nSPS) is 15.4. The van der Waals surface area contributed by atoms with Crippen LogP contribution in [0.15, 0.2) is 24.3 Å². The molecule has 1 aliphatic heterocycles. The zero-order valence-corrected chi connectivity index (χ0v) is 14.0. The van der Waals surface area contributed by atoms with E-state index in [4.69, 9.17) is 0 Å². The fourth-order valence-corrected chi connectivity index (χ4v) is 2.68. The maximum absolute atomic E-state index is 12.4. The molecule has 1 N–H and O–H groups in total. The SMILES string of the molecule is CCNCC1CCN(C(=O)c2cccc(OC(F)F)c2)CC1.Cl. The first-order valence-electron chi connectivity index (χ1n) is 7.65. The Morgan fingerprint density at radius 3 is 2.70 bits per heavy atom. The lowest BCUT2D eigenvalue weighted by molar-refractivity contribution is -0.0499. The summed E-state index contributed by atoms with van der Waals surface area (Å²) in [6.45, 7) is 2.54. The minimum atomic E-state index is -2.88. The highest BCUT2D eigenvalue weighted by molar-refractivity contribution is 5.94. The third-order valence-electron chi connectivity index (χ3n) is 3.89. The van der Waals surface area contributed by atoms with E-state index < -0.39 is 6.61 Å². The molecule has 1 aromatic carbocycles. The number of piperidine rings is 1. The Morgan fingerprint density at radius 1 is 1.39 bits per heavy atom. The third kappa shape index (κ3) is 5.95. The van der Waals surface area contributed by atoms with Crippen LogP contribution in [-0.2, 0) is 0 Å². The second kappa shape index (κ2) is 9.67. The number of amides is 1. The van der Waals surface area contributed by atoms with Crippen molar-refractivity contribution in [3.63, 3.8) is 0 Å². The van der Waals surface area contributed by atoms with Gasteiger partial charge in [0.15, 0.2) is 0 Å². The van der Waals surface area contributed by atoms with Gasteiger partial charge in [-0.25, -0.2) is 0 Å². The fraction of sp³-hybridized carbons (Fsp3) is 0.562. The molecule has 2 rings (SSSR count). The lowest BCUT2D eigenvalue weighted by Crippen LogP contribution is -2.40. The van der Waals surface area contributed by atoms with E-state index >= 15 is 0 Å². The van der Waals surface area contributed by atoms with Crippen molar-refractivity contribution in [3.8, 4) is 5.75 Å². The van der Waals surface area contributed by atoms with Gasteiger partial charge in [0.1, 0.15) is 5.75 Å². The Bertz CT molecular complexity index is 495. The van der Waals surface area contributed by atoms with E-state index in [2.05, 4.69) is 17.0 Å². The number of nitrogens with one attached hydrogen (secondary N) is 1. The van der Waals surface area contributed by atoms with Gasteiger partial charge in [-0.15, -0.1) is 12.4 Å².